The molecule has 2 N–H and O–H groups in total. The molecule has 4 heterocycles. The quantitative estimate of drug-likeness (QED) is 0.559. The fourth-order valence-electron chi connectivity index (χ4n) is 5.50. The maximum Gasteiger partial charge on any atom is 0.263 e. The van der Waals surface area contributed by atoms with Gasteiger partial charge in [0.1, 0.15) is 5.56 Å². The lowest BCUT2D eigenvalue weighted by molar-refractivity contribution is 0.0954. The molecule has 37 heavy (non-hydrogen) atoms. The number of hydrogen-bond acceptors (Lipinski definition) is 5. The highest BCUT2D eigenvalue weighted by atomic mass is 16.2. The number of carbonyl (C=O) groups is 2. The van der Waals surface area contributed by atoms with Crippen LogP contribution in [-0.4, -0.2) is 40.6 Å². The Morgan fingerprint density at radius 1 is 1.00 bits per heavy atom. The molecule has 0 radical (unpaired) electrons. The number of aryl methyl sites for hydroxylation is 1. The third-order valence-electron chi connectivity index (χ3n) is 7.46. The molecule has 1 saturated heterocycles. The zero-order valence-corrected chi connectivity index (χ0v) is 21.3. The van der Waals surface area contributed by atoms with Gasteiger partial charge in [-0.25, -0.2) is 0 Å². The summed E-state index contributed by atoms with van der Waals surface area (Å²) in [7, 11) is 1.63. The smallest absolute Gasteiger partial charge is 0.263 e. The van der Waals surface area contributed by atoms with Crippen LogP contribution in [0.5, 0.6) is 0 Å². The summed E-state index contributed by atoms with van der Waals surface area (Å²) in [5.74, 6) is -0.302. The summed E-state index contributed by atoms with van der Waals surface area (Å²) >= 11 is 0. The fraction of sp³-hybridized carbons (Fsp3) is 0.357. The minimum Gasteiger partial charge on any atom is -0.369 e. The molecule has 5 rings (SSSR count). The van der Waals surface area contributed by atoms with Crippen molar-refractivity contribution in [3.05, 3.63) is 91.8 Å². The van der Waals surface area contributed by atoms with Gasteiger partial charge in [0.25, 0.3) is 22.9 Å². The molecule has 2 bridgehead atoms. The molecule has 2 amide bonds. The summed E-state index contributed by atoms with van der Waals surface area (Å²) in [6.07, 6.45) is 0.998. The van der Waals surface area contributed by atoms with Gasteiger partial charge < -0.3 is 24.7 Å². The molecular weight excluding hydrogens is 470 g/mol. The molecule has 2 aliphatic heterocycles. The van der Waals surface area contributed by atoms with Crippen LogP contribution in [0.4, 0.5) is 11.4 Å². The van der Waals surface area contributed by atoms with E-state index in [0.29, 0.717) is 37.4 Å². The van der Waals surface area contributed by atoms with E-state index in [1.807, 2.05) is 29.7 Å². The number of aromatic nitrogens is 2. The second kappa shape index (κ2) is 9.72. The van der Waals surface area contributed by atoms with Crippen molar-refractivity contribution < 1.29 is 9.59 Å². The first-order valence-electron chi connectivity index (χ1n) is 12.6. The summed E-state index contributed by atoms with van der Waals surface area (Å²) in [5, 5.41) is 5.71. The van der Waals surface area contributed by atoms with Gasteiger partial charge in [-0.15, -0.1) is 0 Å². The second-order valence-electron chi connectivity index (χ2n) is 9.90. The van der Waals surface area contributed by atoms with Crippen molar-refractivity contribution in [3.63, 3.8) is 0 Å². The predicted octanol–water partition coefficient (Wildman–Crippen LogP) is 2.48. The van der Waals surface area contributed by atoms with Gasteiger partial charge in [0.15, 0.2) is 0 Å². The molecule has 2 unspecified atom stereocenters. The van der Waals surface area contributed by atoms with Crippen LogP contribution in [0.25, 0.3) is 0 Å². The number of hydrogen-bond donors (Lipinski definition) is 2. The normalized spacial score (nSPS) is 18.2. The minimum atomic E-state index is -0.524. The first-order valence-corrected chi connectivity index (χ1v) is 12.6. The molecule has 2 aromatic heterocycles. The first kappa shape index (κ1) is 24.5. The summed E-state index contributed by atoms with van der Waals surface area (Å²) < 4.78 is 3.32. The van der Waals surface area contributed by atoms with E-state index < -0.39 is 5.91 Å². The Kier molecular flexibility index (Phi) is 6.45. The van der Waals surface area contributed by atoms with Crippen molar-refractivity contribution in [3.8, 4) is 0 Å². The van der Waals surface area contributed by atoms with Crippen molar-refractivity contribution in [1.82, 2.24) is 14.5 Å². The summed E-state index contributed by atoms with van der Waals surface area (Å²) in [6.45, 7) is 6.17. The number of carbonyl (C=O) groups excluding carboxylic acids is 2. The number of fused-ring (bicyclic) bond motifs is 4. The van der Waals surface area contributed by atoms with Crippen molar-refractivity contribution in [2.75, 3.05) is 29.9 Å². The molecule has 2 aliphatic rings. The average Bonchev–Trinajstić information content (AvgIpc) is 2.88. The SMILES string of the molecule is CCNC(=O)c1ccc(N2CC3CC(C2)c2cccc(=O)n2C3)c(NC(=O)c2ccc(C)n(C)c2=O)c1. The maximum atomic E-state index is 13.3. The minimum absolute atomic E-state index is 0.0274. The molecule has 1 aromatic carbocycles. The number of nitrogens with zero attached hydrogens (tertiary/aromatic N) is 3. The van der Waals surface area contributed by atoms with E-state index in [9.17, 15) is 19.2 Å². The summed E-state index contributed by atoms with van der Waals surface area (Å²) in [6, 6.07) is 14.0. The molecule has 2 atom stereocenters. The van der Waals surface area contributed by atoms with Crippen molar-refractivity contribution >= 4 is 23.2 Å². The number of anilines is 2. The van der Waals surface area contributed by atoms with Crippen LogP contribution in [0.2, 0.25) is 0 Å². The zero-order valence-electron chi connectivity index (χ0n) is 21.3. The molecule has 0 saturated carbocycles. The highest BCUT2D eigenvalue weighted by Gasteiger charge is 2.35. The van der Waals surface area contributed by atoms with E-state index in [-0.39, 0.29) is 34.4 Å². The number of pyridine rings is 2. The van der Waals surface area contributed by atoms with Crippen LogP contribution < -0.4 is 26.7 Å². The van der Waals surface area contributed by atoms with Gasteiger partial charge in [0.05, 0.1) is 11.4 Å². The largest absolute Gasteiger partial charge is 0.369 e. The van der Waals surface area contributed by atoms with E-state index in [0.717, 1.165) is 23.5 Å². The second-order valence-corrected chi connectivity index (χ2v) is 9.90. The molecule has 1 fully saturated rings. The molecule has 9 heteroatoms. The Labute approximate surface area is 214 Å². The monoisotopic (exact) mass is 501 g/mol. The summed E-state index contributed by atoms with van der Waals surface area (Å²) in [5.41, 5.74) is 3.14. The standard InChI is InChI=1S/C28H31N5O4/c1-4-29-26(35)19-9-11-24(22(13-19)30-27(36)21-10-8-17(2)31(3)28(21)37)32-14-18-12-20(16-32)23-6-5-7-25(34)33(23)15-18/h5-11,13,18,20H,4,12,14-16H2,1-3H3,(H,29,35)(H,30,36). The van der Waals surface area contributed by atoms with E-state index in [1.165, 1.54) is 10.6 Å². The first-order chi connectivity index (χ1) is 17.8. The Morgan fingerprint density at radius 2 is 1.81 bits per heavy atom. The summed E-state index contributed by atoms with van der Waals surface area (Å²) in [4.78, 5) is 53.2. The van der Waals surface area contributed by atoms with Crippen molar-refractivity contribution in [2.45, 2.75) is 32.7 Å². The van der Waals surface area contributed by atoms with Crippen molar-refractivity contribution in [1.29, 1.82) is 0 Å². The van der Waals surface area contributed by atoms with Crippen LogP contribution in [0, 0.1) is 12.8 Å². The third-order valence-corrected chi connectivity index (χ3v) is 7.46. The van der Waals surface area contributed by atoms with E-state index in [4.69, 9.17) is 0 Å². The third kappa shape index (κ3) is 4.57. The predicted molar refractivity (Wildman–Crippen MR) is 143 cm³/mol. The number of rotatable bonds is 5. The van der Waals surface area contributed by atoms with Crippen molar-refractivity contribution in [2.24, 2.45) is 13.0 Å². The number of benzene rings is 1. The van der Waals surface area contributed by atoms with Crippen LogP contribution >= 0.6 is 0 Å². The topological polar surface area (TPSA) is 105 Å². The number of amides is 2. The lowest BCUT2D eigenvalue weighted by Gasteiger charge is -2.44. The van der Waals surface area contributed by atoms with Crippen LogP contribution in [0.1, 0.15) is 51.4 Å². The molecule has 0 aliphatic carbocycles. The highest BCUT2D eigenvalue weighted by Crippen LogP contribution is 2.39. The molecular formula is C28H31N5O4. The van der Waals surface area contributed by atoms with Gasteiger partial charge in [0, 0.05) is 62.2 Å². The fourth-order valence-corrected chi connectivity index (χ4v) is 5.50. The molecule has 3 aromatic rings. The zero-order chi connectivity index (χ0) is 26.3. The van der Waals surface area contributed by atoms with Gasteiger partial charge in [-0.3, -0.25) is 19.2 Å². The number of piperidine rings is 1. The Bertz CT molecular complexity index is 1510. The van der Waals surface area contributed by atoms with Crippen LogP contribution in [0.15, 0.2) is 58.1 Å². The Balaban J connectivity index is 1.51. The van der Waals surface area contributed by atoms with E-state index >= 15 is 0 Å². The van der Waals surface area contributed by atoms with E-state index in [1.54, 1.807) is 38.2 Å². The van der Waals surface area contributed by atoms with Gasteiger partial charge in [-0.05, 0) is 62.6 Å². The van der Waals surface area contributed by atoms with Gasteiger partial charge in [0.2, 0.25) is 0 Å². The highest BCUT2D eigenvalue weighted by molar-refractivity contribution is 6.07. The van der Waals surface area contributed by atoms with Gasteiger partial charge >= 0.3 is 0 Å². The van der Waals surface area contributed by atoms with Crippen LogP contribution in [-0.2, 0) is 13.6 Å². The van der Waals surface area contributed by atoms with Gasteiger partial charge in [-0.1, -0.05) is 6.07 Å². The lowest BCUT2D eigenvalue weighted by atomic mass is 9.83. The molecule has 9 nitrogen and oxygen atoms in total. The van der Waals surface area contributed by atoms with Gasteiger partial charge in [-0.2, -0.15) is 0 Å². The molecule has 0 spiro atoms. The Morgan fingerprint density at radius 3 is 2.59 bits per heavy atom. The number of nitrogens with one attached hydrogen (secondary N) is 2. The lowest BCUT2D eigenvalue weighted by Crippen LogP contribution is -2.47. The average molecular weight is 502 g/mol. The van der Waals surface area contributed by atoms with Crippen LogP contribution in [0.3, 0.4) is 0 Å². The van der Waals surface area contributed by atoms with E-state index in [2.05, 4.69) is 15.5 Å². The Hall–Kier alpha value is -4.14. The maximum absolute atomic E-state index is 13.3. The molecule has 192 valence electrons.